The van der Waals surface area contributed by atoms with Crippen LogP contribution < -0.4 is 10.6 Å². The lowest BCUT2D eigenvalue weighted by molar-refractivity contribution is -0.142. The van der Waals surface area contributed by atoms with Crippen LogP contribution >= 0.6 is 11.3 Å². The number of allylic oxidation sites excluding steroid dienone is 1. The van der Waals surface area contributed by atoms with Crippen molar-refractivity contribution in [3.8, 4) is 0 Å². The van der Waals surface area contributed by atoms with Crippen LogP contribution in [0.25, 0.3) is 0 Å². The fourth-order valence-electron chi connectivity index (χ4n) is 3.18. The quantitative estimate of drug-likeness (QED) is 0.103. The molecule has 0 fully saturated rings. The summed E-state index contributed by atoms with van der Waals surface area (Å²) in [6.07, 6.45) is 10.8. The van der Waals surface area contributed by atoms with Crippen molar-refractivity contribution in [2.45, 2.75) is 92.9 Å². The highest BCUT2D eigenvalue weighted by molar-refractivity contribution is 7.09. The molecule has 0 radical (unpaired) electrons. The second-order valence-corrected chi connectivity index (χ2v) is 9.85. The summed E-state index contributed by atoms with van der Waals surface area (Å²) in [6, 6.07) is 0. The van der Waals surface area contributed by atoms with Crippen molar-refractivity contribution >= 4 is 35.6 Å². The Morgan fingerprint density at radius 2 is 1.54 bits per heavy atom. The van der Waals surface area contributed by atoms with Gasteiger partial charge in [-0.2, -0.15) is 0 Å². The molecule has 0 saturated carbocycles. The molecule has 1 aromatic rings. The third-order valence-corrected chi connectivity index (χ3v) is 5.83. The van der Waals surface area contributed by atoms with Crippen LogP contribution in [0.4, 0.5) is 0 Å². The number of carbonyl (C=O) groups is 4. The number of thiazole rings is 1. The molecule has 0 saturated heterocycles. The van der Waals surface area contributed by atoms with E-state index in [2.05, 4.69) is 65.4 Å². The van der Waals surface area contributed by atoms with E-state index in [1.54, 1.807) is 19.4 Å². The van der Waals surface area contributed by atoms with Crippen molar-refractivity contribution < 1.29 is 33.4 Å². The number of nitrogens with one attached hydrogen (secondary N) is 2. The molecule has 0 aliphatic carbocycles. The SMILES string of the molecule is C=C(C)NC(=O)c1csc(CCC)n1.C=C(NC=O)C(=O)OC.CCCC(CCC)CCC.COCCOC(C)=O. The molecule has 1 rings (SSSR count). The highest BCUT2D eigenvalue weighted by Crippen LogP contribution is 2.18. The number of rotatable bonds is 16. The topological polar surface area (TPSA) is 133 Å². The molecule has 2 amide bonds. The molecule has 1 heterocycles. The van der Waals surface area contributed by atoms with Crippen molar-refractivity contribution in [1.82, 2.24) is 15.6 Å². The van der Waals surface area contributed by atoms with Crippen LogP contribution in [0, 0.1) is 5.92 Å². The molecule has 1 aromatic heterocycles. The van der Waals surface area contributed by atoms with Crippen molar-refractivity contribution in [1.29, 1.82) is 0 Å². The second-order valence-electron chi connectivity index (χ2n) is 8.91. The smallest absolute Gasteiger partial charge is 0.353 e. The van der Waals surface area contributed by atoms with E-state index in [9.17, 15) is 19.2 Å². The Balaban J connectivity index is -0.000000483. The Bertz CT molecular complexity index is 858. The molecule has 10 nitrogen and oxygen atoms in total. The second kappa shape index (κ2) is 29.9. The van der Waals surface area contributed by atoms with Crippen LogP contribution in [-0.4, -0.2) is 56.7 Å². The molecule has 0 aliphatic heterocycles. The number of hydrogen-bond donors (Lipinski definition) is 2. The third kappa shape index (κ3) is 28.3. The first kappa shape index (κ1) is 42.4. The summed E-state index contributed by atoms with van der Waals surface area (Å²) < 4.78 is 13.3. The van der Waals surface area contributed by atoms with Crippen LogP contribution in [-0.2, 0) is 35.0 Å². The van der Waals surface area contributed by atoms with E-state index in [1.807, 2.05) is 5.32 Å². The number of carbonyl (C=O) groups excluding carboxylic acids is 4. The third-order valence-electron chi connectivity index (χ3n) is 4.92. The van der Waals surface area contributed by atoms with Gasteiger partial charge in [0.1, 0.15) is 18.0 Å². The zero-order valence-electron chi connectivity index (χ0n) is 26.4. The Morgan fingerprint density at radius 1 is 0.976 bits per heavy atom. The van der Waals surface area contributed by atoms with Gasteiger partial charge in [-0.1, -0.05) is 79.4 Å². The highest BCUT2D eigenvalue weighted by atomic mass is 32.1. The maximum absolute atomic E-state index is 11.4. The van der Waals surface area contributed by atoms with Gasteiger partial charge in [-0.3, -0.25) is 14.4 Å². The first-order valence-corrected chi connectivity index (χ1v) is 14.9. The van der Waals surface area contributed by atoms with Gasteiger partial charge in [0.15, 0.2) is 0 Å². The first-order valence-electron chi connectivity index (χ1n) is 14.0. The minimum Gasteiger partial charge on any atom is -0.464 e. The fraction of sp³-hybridized carbons (Fsp3) is 0.633. The summed E-state index contributed by atoms with van der Waals surface area (Å²) in [5, 5.41) is 7.47. The van der Waals surface area contributed by atoms with E-state index < -0.39 is 5.97 Å². The Kier molecular flexibility index (Phi) is 31.0. The summed E-state index contributed by atoms with van der Waals surface area (Å²) in [5.74, 6) is -0.0414. The summed E-state index contributed by atoms with van der Waals surface area (Å²) in [6.45, 7) is 19.7. The van der Waals surface area contributed by atoms with E-state index >= 15 is 0 Å². The van der Waals surface area contributed by atoms with Gasteiger partial charge in [0.25, 0.3) is 5.91 Å². The molecule has 0 atom stereocenters. The lowest BCUT2D eigenvalue weighted by atomic mass is 9.94. The van der Waals surface area contributed by atoms with Gasteiger partial charge in [-0.15, -0.1) is 11.3 Å². The van der Waals surface area contributed by atoms with Gasteiger partial charge in [-0.05, 0) is 25.7 Å². The lowest BCUT2D eigenvalue weighted by Crippen LogP contribution is -2.20. The summed E-state index contributed by atoms with van der Waals surface area (Å²) in [7, 11) is 2.77. The number of ether oxygens (including phenoxy) is 3. The van der Waals surface area contributed by atoms with Gasteiger partial charge in [-0.25, -0.2) is 9.78 Å². The van der Waals surface area contributed by atoms with Crippen LogP contribution in [0.5, 0.6) is 0 Å². The van der Waals surface area contributed by atoms with E-state index in [0.29, 0.717) is 31.0 Å². The molecule has 11 heteroatoms. The van der Waals surface area contributed by atoms with Gasteiger partial charge in [0, 0.05) is 25.1 Å². The van der Waals surface area contributed by atoms with E-state index in [1.165, 1.54) is 63.9 Å². The largest absolute Gasteiger partial charge is 0.464 e. The van der Waals surface area contributed by atoms with Gasteiger partial charge >= 0.3 is 11.9 Å². The van der Waals surface area contributed by atoms with E-state index in [-0.39, 0.29) is 17.6 Å². The number of nitrogens with zero attached hydrogens (tertiary/aromatic N) is 1. The number of aromatic nitrogens is 1. The molecule has 0 unspecified atom stereocenters. The van der Waals surface area contributed by atoms with Crippen molar-refractivity contribution in [2.75, 3.05) is 27.4 Å². The molecule has 0 bridgehead atoms. The van der Waals surface area contributed by atoms with Gasteiger partial charge in [0.2, 0.25) is 6.41 Å². The van der Waals surface area contributed by atoms with Crippen LogP contribution in [0.2, 0.25) is 0 Å². The average molecular weight is 600 g/mol. The summed E-state index contributed by atoms with van der Waals surface area (Å²) in [4.78, 5) is 45.7. The van der Waals surface area contributed by atoms with Crippen molar-refractivity contribution in [3.63, 3.8) is 0 Å². The Hall–Kier alpha value is -3.05. The number of methoxy groups -OCH3 is 2. The van der Waals surface area contributed by atoms with Crippen molar-refractivity contribution in [3.05, 3.63) is 40.6 Å². The van der Waals surface area contributed by atoms with E-state index in [0.717, 1.165) is 23.8 Å². The number of esters is 2. The first-order chi connectivity index (χ1) is 19.5. The average Bonchev–Trinajstić information content (AvgIpc) is 3.39. The Morgan fingerprint density at radius 3 is 1.93 bits per heavy atom. The minimum atomic E-state index is -0.637. The molecule has 41 heavy (non-hydrogen) atoms. The zero-order chi connectivity index (χ0) is 32.1. The highest BCUT2D eigenvalue weighted by Gasteiger charge is 2.09. The zero-order valence-corrected chi connectivity index (χ0v) is 27.2. The number of aryl methyl sites for hydroxylation is 1. The lowest BCUT2D eigenvalue weighted by Gasteiger charge is -2.12. The Labute approximate surface area is 251 Å². The van der Waals surface area contributed by atoms with Crippen LogP contribution in [0.1, 0.15) is 102 Å². The van der Waals surface area contributed by atoms with Gasteiger partial charge in [0.05, 0.1) is 18.7 Å². The maximum atomic E-state index is 11.4. The number of amides is 2. The predicted octanol–water partition coefficient (Wildman–Crippen LogP) is 5.98. The number of hydrogen-bond acceptors (Lipinski definition) is 9. The molecule has 0 aliphatic rings. The predicted molar refractivity (Wildman–Crippen MR) is 165 cm³/mol. The van der Waals surface area contributed by atoms with Crippen LogP contribution in [0.3, 0.4) is 0 Å². The molecule has 0 aromatic carbocycles. The molecular formula is C30H53N3O7S. The standard InChI is InChI=1S/C10H14N2OS.C10H22.C5H7NO3.C5H10O3/c1-4-5-9-12-8(6-14-9)10(13)11-7(2)3;1-4-7-10(8-5-2)9-6-3;1-4(6-3-7)5(8)9-2;1-5(6)8-4-3-7-2/h6H,2,4-5H2,1,3H3,(H,11,13);10H,4-9H2,1-3H3;3H,1H2,2H3,(H,6,7);3-4H2,1-2H3. The normalized spacial score (nSPS) is 9.39. The minimum absolute atomic E-state index is 0.0625. The van der Waals surface area contributed by atoms with Crippen LogP contribution in [0.15, 0.2) is 29.9 Å². The summed E-state index contributed by atoms with van der Waals surface area (Å²) in [5.41, 5.74) is 1.06. The fourth-order valence-corrected chi connectivity index (χ4v) is 4.06. The van der Waals surface area contributed by atoms with Crippen molar-refractivity contribution in [2.24, 2.45) is 5.92 Å². The molecule has 236 valence electrons. The van der Waals surface area contributed by atoms with Gasteiger partial charge < -0.3 is 24.8 Å². The maximum Gasteiger partial charge on any atom is 0.353 e. The molecule has 2 N–H and O–H groups in total. The monoisotopic (exact) mass is 599 g/mol. The molecule has 0 spiro atoms. The van der Waals surface area contributed by atoms with E-state index in [4.69, 9.17) is 0 Å². The molecular weight excluding hydrogens is 546 g/mol. The summed E-state index contributed by atoms with van der Waals surface area (Å²) >= 11 is 1.53.